The first-order valence-corrected chi connectivity index (χ1v) is 23.8. The summed E-state index contributed by atoms with van der Waals surface area (Å²) < 4.78 is 32.9. The first-order valence-electron chi connectivity index (χ1n) is 20.4. The molecule has 0 aromatic heterocycles. The van der Waals surface area contributed by atoms with Crippen molar-refractivity contribution in [3.8, 4) is 0 Å². The number of hydrogen-bond acceptors (Lipinski definition) is 2. The van der Waals surface area contributed by atoms with Gasteiger partial charge < -0.3 is 9.13 Å². The number of fused-ring (bicyclic) bond motifs is 2. The predicted octanol–water partition coefficient (Wildman–Crippen LogP) is 13.1. The van der Waals surface area contributed by atoms with Crippen molar-refractivity contribution >= 4 is 89.6 Å². The van der Waals surface area contributed by atoms with E-state index < -0.39 is 14.3 Å². The largest absolute Gasteiger partial charge is 0.309 e. The van der Waals surface area contributed by atoms with Crippen LogP contribution in [0.15, 0.2) is 218 Å². The molecule has 0 saturated heterocycles. The van der Waals surface area contributed by atoms with Gasteiger partial charge in [0.05, 0.1) is 0 Å². The van der Waals surface area contributed by atoms with Crippen molar-refractivity contribution < 1.29 is 9.13 Å². The van der Waals surface area contributed by atoms with Crippen molar-refractivity contribution in [1.29, 1.82) is 0 Å². The molecule has 10 aromatic rings. The molecule has 4 heteroatoms. The Morgan fingerprint density at radius 3 is 1.02 bits per heavy atom. The van der Waals surface area contributed by atoms with Gasteiger partial charge in [0.25, 0.3) is 0 Å². The van der Waals surface area contributed by atoms with Crippen LogP contribution in [0.3, 0.4) is 0 Å². The van der Waals surface area contributed by atoms with Crippen LogP contribution in [0.4, 0.5) is 0 Å². The van der Waals surface area contributed by atoms with E-state index in [1.165, 1.54) is 0 Å². The third-order valence-electron chi connectivity index (χ3n) is 12.7. The third kappa shape index (κ3) is 4.84. The van der Waals surface area contributed by atoms with Crippen LogP contribution in [0, 0.1) is 0 Å². The van der Waals surface area contributed by atoms with Gasteiger partial charge in [0, 0.05) is 43.0 Å². The monoisotopic (exact) mass is 802 g/mol. The molecule has 2 aliphatic rings. The lowest BCUT2D eigenvalue weighted by Gasteiger charge is -2.24. The molecule has 2 unspecified atom stereocenters. The molecular weight excluding hydrogens is 767 g/mol. The first kappa shape index (κ1) is 35.2. The molecular formula is C56H36O2P2. The van der Waals surface area contributed by atoms with E-state index in [1.54, 1.807) is 0 Å². The van der Waals surface area contributed by atoms with Gasteiger partial charge in [-0.25, -0.2) is 0 Å². The quantitative estimate of drug-likeness (QED) is 0.124. The van der Waals surface area contributed by atoms with Crippen LogP contribution in [0.5, 0.6) is 0 Å². The van der Waals surface area contributed by atoms with Gasteiger partial charge in [0.2, 0.25) is 0 Å². The zero-order valence-corrected chi connectivity index (χ0v) is 34.3. The zero-order chi connectivity index (χ0) is 40.0. The van der Waals surface area contributed by atoms with Gasteiger partial charge in [-0.15, -0.1) is 0 Å². The summed E-state index contributed by atoms with van der Waals surface area (Å²) in [6.45, 7) is 0. The Hall–Kier alpha value is -6.82. The average molecular weight is 803 g/mol. The molecule has 0 amide bonds. The topological polar surface area (TPSA) is 34.1 Å². The summed E-state index contributed by atoms with van der Waals surface area (Å²) in [5.41, 5.74) is 8.07. The van der Waals surface area contributed by atoms with Crippen LogP contribution in [-0.2, 0) is 9.13 Å². The summed E-state index contributed by atoms with van der Waals surface area (Å²) in [6, 6.07) is 75.1. The van der Waals surface area contributed by atoms with E-state index >= 15 is 9.13 Å². The summed E-state index contributed by atoms with van der Waals surface area (Å²) in [6.07, 6.45) is 0. The maximum atomic E-state index is 16.4. The van der Waals surface area contributed by atoms with Crippen molar-refractivity contribution in [1.82, 2.24) is 0 Å². The number of hydrogen-bond donors (Lipinski definition) is 0. The van der Waals surface area contributed by atoms with Crippen LogP contribution in [0.1, 0.15) is 33.4 Å². The molecule has 2 heterocycles. The molecule has 0 aliphatic carbocycles. The lowest BCUT2D eigenvalue weighted by Crippen LogP contribution is -2.15. The van der Waals surface area contributed by atoms with Crippen LogP contribution in [-0.4, -0.2) is 0 Å². The summed E-state index contributed by atoms with van der Waals surface area (Å²) in [4.78, 5) is 0. The lowest BCUT2D eigenvalue weighted by molar-refractivity contribution is 0.592. The highest BCUT2D eigenvalue weighted by Crippen LogP contribution is 2.68. The van der Waals surface area contributed by atoms with E-state index in [2.05, 4.69) is 133 Å². The maximum absolute atomic E-state index is 16.4. The van der Waals surface area contributed by atoms with E-state index in [0.717, 1.165) is 109 Å². The molecule has 10 aromatic carbocycles. The van der Waals surface area contributed by atoms with Gasteiger partial charge in [-0.3, -0.25) is 0 Å². The van der Waals surface area contributed by atoms with Crippen LogP contribution < -0.4 is 21.2 Å². The highest BCUT2D eigenvalue weighted by Gasteiger charge is 2.45. The Morgan fingerprint density at radius 1 is 0.283 bits per heavy atom. The van der Waals surface area contributed by atoms with E-state index in [0.29, 0.717) is 0 Å². The van der Waals surface area contributed by atoms with Crippen molar-refractivity contribution in [3.05, 3.63) is 252 Å². The third-order valence-corrected chi connectivity index (χ3v) is 19.0. The lowest BCUT2D eigenvalue weighted by atomic mass is 9.87. The minimum atomic E-state index is -3.38. The summed E-state index contributed by atoms with van der Waals surface area (Å²) in [5.74, 6) is 0. The molecule has 60 heavy (non-hydrogen) atoms. The van der Waals surface area contributed by atoms with Crippen molar-refractivity contribution in [3.63, 3.8) is 0 Å². The molecule has 2 atom stereocenters. The Bertz CT molecular complexity index is 3280. The SMILES string of the molecule is O=P1(c2ccccc2)C(c2ccc3ccc4c(C5=C(c6ccccc6)c6ccccc6P5(=O)c5ccccc5)ccc5ccc2c3c54)=C(c2ccccc2)c2ccccc21. The van der Waals surface area contributed by atoms with Gasteiger partial charge in [-0.1, -0.05) is 218 Å². The normalized spacial score (nSPS) is 18.5. The fourth-order valence-electron chi connectivity index (χ4n) is 10.2. The number of rotatable bonds is 6. The fraction of sp³-hybridized carbons (Fsp3) is 0. The Morgan fingerprint density at radius 2 is 0.617 bits per heavy atom. The minimum absolute atomic E-state index is 0.823. The second kappa shape index (κ2) is 13.4. The smallest absolute Gasteiger partial charge is 0.172 e. The van der Waals surface area contributed by atoms with E-state index in [1.807, 2.05) is 84.9 Å². The Kier molecular flexibility index (Phi) is 7.82. The molecule has 0 bridgehead atoms. The molecule has 2 aliphatic heterocycles. The van der Waals surface area contributed by atoms with Gasteiger partial charge in [0.1, 0.15) is 0 Å². The Balaban J connectivity index is 1.20. The van der Waals surface area contributed by atoms with Gasteiger partial charge in [-0.2, -0.15) is 0 Å². The molecule has 2 nitrogen and oxygen atoms in total. The highest BCUT2D eigenvalue weighted by atomic mass is 31.2. The standard InChI is InChI=1S/C56H36O2P2/c57-59(41-21-9-3-10-22-41)49-27-15-13-25-47(49)53(37-17-5-1-6-18-37)55(59)45-35-31-39-30-34-44-46(36-32-40-29-33-43(45)51(39)52(40)44)56-54(38-19-7-2-8-20-38)48-26-14-16-28-50(48)60(56,58)42-23-11-4-12-24-42/h1-36H. The fourth-order valence-corrected chi connectivity index (χ4v) is 16.7. The second-order valence-corrected chi connectivity index (χ2v) is 21.1. The van der Waals surface area contributed by atoms with E-state index in [-0.39, 0.29) is 0 Å². The minimum Gasteiger partial charge on any atom is -0.309 e. The molecule has 0 radical (unpaired) electrons. The summed E-state index contributed by atoms with van der Waals surface area (Å²) >= 11 is 0. The highest BCUT2D eigenvalue weighted by molar-refractivity contribution is 7.89. The van der Waals surface area contributed by atoms with Gasteiger partial charge in [0.15, 0.2) is 14.3 Å². The molecule has 0 spiro atoms. The molecule has 282 valence electrons. The van der Waals surface area contributed by atoms with Crippen LogP contribution >= 0.6 is 14.3 Å². The molecule has 0 saturated carbocycles. The van der Waals surface area contributed by atoms with Crippen LogP contribution in [0.25, 0.3) is 54.1 Å². The van der Waals surface area contributed by atoms with E-state index in [4.69, 9.17) is 0 Å². The molecule has 0 fully saturated rings. The van der Waals surface area contributed by atoms with Crippen molar-refractivity contribution in [2.24, 2.45) is 0 Å². The summed E-state index contributed by atoms with van der Waals surface area (Å²) in [7, 11) is -6.75. The first-order chi connectivity index (χ1) is 29.6. The van der Waals surface area contributed by atoms with E-state index in [9.17, 15) is 0 Å². The van der Waals surface area contributed by atoms with Gasteiger partial charge >= 0.3 is 0 Å². The average Bonchev–Trinajstić information content (AvgIpc) is 3.75. The molecule has 0 N–H and O–H groups in total. The Labute approximate surface area is 348 Å². The summed E-state index contributed by atoms with van der Waals surface area (Å²) in [5, 5.41) is 11.7. The van der Waals surface area contributed by atoms with Crippen molar-refractivity contribution in [2.45, 2.75) is 0 Å². The van der Waals surface area contributed by atoms with Crippen molar-refractivity contribution in [2.75, 3.05) is 0 Å². The second-order valence-electron chi connectivity index (χ2n) is 15.8. The van der Waals surface area contributed by atoms with Crippen LogP contribution in [0.2, 0.25) is 0 Å². The predicted molar refractivity (Wildman–Crippen MR) is 254 cm³/mol. The van der Waals surface area contributed by atoms with Gasteiger partial charge in [-0.05, 0) is 65.7 Å². The molecule has 12 rings (SSSR count). The zero-order valence-electron chi connectivity index (χ0n) is 32.5. The number of benzene rings is 10. The maximum Gasteiger partial charge on any atom is 0.172 e.